The van der Waals surface area contributed by atoms with Crippen LogP contribution >= 0.6 is 15.9 Å². The van der Waals surface area contributed by atoms with E-state index in [1.807, 2.05) is 24.3 Å². The standard InChI is InChI=1S/C25H17BrN4O3/c1-13-20(25(33)29(28-13)17-8-6-16(26)7-9-17)12-27-30-23(31)18-10-4-14-2-3-15-5-11-19(24(30)32)22(18)21(14)15/h4-12,28H,2-3H2,1H3/b27-12+. The van der Waals surface area contributed by atoms with Crippen molar-refractivity contribution >= 4 is 44.7 Å². The fourth-order valence-corrected chi connectivity index (χ4v) is 4.97. The number of nitrogens with one attached hydrogen (secondary N) is 1. The molecule has 33 heavy (non-hydrogen) atoms. The lowest BCUT2D eigenvalue weighted by atomic mass is 9.92. The van der Waals surface area contributed by atoms with Gasteiger partial charge in [-0.1, -0.05) is 28.1 Å². The lowest BCUT2D eigenvalue weighted by molar-refractivity contribution is 0.0616. The van der Waals surface area contributed by atoms with Crippen LogP contribution in [0.3, 0.4) is 0 Å². The van der Waals surface area contributed by atoms with Crippen LogP contribution in [0.1, 0.15) is 43.1 Å². The number of H-pyrrole nitrogens is 1. The maximum Gasteiger partial charge on any atom is 0.282 e. The van der Waals surface area contributed by atoms with E-state index in [2.05, 4.69) is 26.1 Å². The van der Waals surface area contributed by atoms with E-state index in [0.29, 0.717) is 22.5 Å². The molecular formula is C25H17BrN4O3. The van der Waals surface area contributed by atoms with Crippen LogP contribution < -0.4 is 5.56 Å². The monoisotopic (exact) mass is 500 g/mol. The van der Waals surface area contributed by atoms with Gasteiger partial charge in [0, 0.05) is 15.6 Å². The van der Waals surface area contributed by atoms with E-state index >= 15 is 0 Å². The summed E-state index contributed by atoms with van der Waals surface area (Å²) in [5.41, 5.74) is 4.44. The molecule has 0 unspecified atom stereocenters. The molecule has 6 rings (SSSR count). The Bertz CT molecular complexity index is 1540. The third kappa shape index (κ3) is 2.87. The van der Waals surface area contributed by atoms with Crippen molar-refractivity contribution in [2.24, 2.45) is 5.10 Å². The van der Waals surface area contributed by atoms with Crippen molar-refractivity contribution in [3.8, 4) is 5.69 Å². The summed E-state index contributed by atoms with van der Waals surface area (Å²) in [6.45, 7) is 1.74. The summed E-state index contributed by atoms with van der Waals surface area (Å²) in [4.78, 5) is 39.4. The van der Waals surface area contributed by atoms with Gasteiger partial charge in [0.05, 0.1) is 28.6 Å². The van der Waals surface area contributed by atoms with Gasteiger partial charge in [-0.15, -0.1) is 0 Å². The molecule has 8 heteroatoms. The summed E-state index contributed by atoms with van der Waals surface area (Å²) >= 11 is 3.38. The second-order valence-corrected chi connectivity index (χ2v) is 9.14. The smallest absolute Gasteiger partial charge is 0.282 e. The van der Waals surface area contributed by atoms with Crippen molar-refractivity contribution in [2.75, 3.05) is 0 Å². The Morgan fingerprint density at radius 1 is 0.879 bits per heavy atom. The Morgan fingerprint density at radius 3 is 2.09 bits per heavy atom. The van der Waals surface area contributed by atoms with E-state index in [-0.39, 0.29) is 11.1 Å². The van der Waals surface area contributed by atoms with Gasteiger partial charge in [-0.3, -0.25) is 19.5 Å². The number of hydrogen-bond acceptors (Lipinski definition) is 4. The van der Waals surface area contributed by atoms with E-state index in [0.717, 1.165) is 33.1 Å². The third-order valence-electron chi connectivity index (χ3n) is 6.35. The Labute approximate surface area is 196 Å². The van der Waals surface area contributed by atoms with Crippen LogP contribution in [0.25, 0.3) is 16.5 Å². The van der Waals surface area contributed by atoms with E-state index in [4.69, 9.17) is 0 Å². The number of nitrogens with zero attached hydrogens (tertiary/aromatic N) is 3. The van der Waals surface area contributed by atoms with E-state index in [1.54, 1.807) is 31.2 Å². The van der Waals surface area contributed by atoms with E-state index < -0.39 is 11.8 Å². The first-order valence-electron chi connectivity index (χ1n) is 10.5. The summed E-state index contributed by atoms with van der Waals surface area (Å²) in [5.74, 6) is -0.971. The first-order chi connectivity index (χ1) is 15.9. The van der Waals surface area contributed by atoms with Crippen LogP contribution in [0.15, 0.2) is 62.9 Å². The van der Waals surface area contributed by atoms with E-state index in [1.165, 1.54) is 22.0 Å². The van der Waals surface area contributed by atoms with Crippen molar-refractivity contribution in [3.05, 3.63) is 96.9 Å². The average Bonchev–Trinajstić information content (AvgIpc) is 3.36. The largest absolute Gasteiger partial charge is 0.295 e. The highest BCUT2D eigenvalue weighted by Crippen LogP contribution is 2.38. The molecule has 2 heterocycles. The van der Waals surface area contributed by atoms with Gasteiger partial charge >= 0.3 is 0 Å². The zero-order chi connectivity index (χ0) is 22.9. The fraction of sp³-hybridized carbons (Fsp3) is 0.120. The lowest BCUT2D eigenvalue weighted by Gasteiger charge is -2.23. The zero-order valence-corrected chi connectivity index (χ0v) is 19.1. The second-order valence-electron chi connectivity index (χ2n) is 8.23. The first kappa shape index (κ1) is 19.9. The summed E-state index contributed by atoms with van der Waals surface area (Å²) in [6, 6.07) is 14.7. The molecule has 0 atom stereocenters. The molecular weight excluding hydrogens is 484 g/mol. The van der Waals surface area contributed by atoms with Crippen LogP contribution in [-0.2, 0) is 12.8 Å². The number of carbonyl (C=O) groups excluding carboxylic acids is 2. The highest BCUT2D eigenvalue weighted by atomic mass is 79.9. The van der Waals surface area contributed by atoms with Gasteiger partial charge in [0.25, 0.3) is 17.4 Å². The average molecular weight is 501 g/mol. The molecule has 2 aliphatic rings. The number of rotatable bonds is 3. The molecule has 3 aromatic carbocycles. The lowest BCUT2D eigenvalue weighted by Crippen LogP contribution is -2.36. The summed E-state index contributed by atoms with van der Waals surface area (Å²) in [5, 5.41) is 9.79. The number of halogens is 1. The Hall–Kier alpha value is -3.78. The fourth-order valence-electron chi connectivity index (χ4n) is 4.71. The van der Waals surface area contributed by atoms with Gasteiger partial charge in [0.15, 0.2) is 0 Å². The molecule has 1 aliphatic heterocycles. The summed E-state index contributed by atoms with van der Waals surface area (Å²) < 4.78 is 2.30. The van der Waals surface area contributed by atoms with Crippen LogP contribution in [-0.4, -0.2) is 32.8 Å². The minimum atomic E-state index is -0.485. The number of hydrazone groups is 1. The molecule has 0 spiro atoms. The number of hydrogen-bond donors (Lipinski definition) is 1. The van der Waals surface area contributed by atoms with Gasteiger partial charge in [0.1, 0.15) is 0 Å². The molecule has 0 radical (unpaired) electrons. The van der Waals surface area contributed by atoms with Gasteiger partial charge in [0.2, 0.25) is 0 Å². The highest BCUT2D eigenvalue weighted by Gasteiger charge is 2.35. The molecule has 0 bridgehead atoms. The molecule has 2 amide bonds. The van der Waals surface area contributed by atoms with Crippen LogP contribution in [0, 0.1) is 6.92 Å². The van der Waals surface area contributed by atoms with Crippen molar-refractivity contribution < 1.29 is 9.59 Å². The number of aromatic amines is 1. The van der Waals surface area contributed by atoms with Gasteiger partial charge < -0.3 is 0 Å². The summed E-state index contributed by atoms with van der Waals surface area (Å²) in [7, 11) is 0. The predicted molar refractivity (Wildman–Crippen MR) is 128 cm³/mol. The molecule has 162 valence electrons. The number of aromatic nitrogens is 2. The molecule has 1 aromatic heterocycles. The topological polar surface area (TPSA) is 87.5 Å². The van der Waals surface area contributed by atoms with Crippen molar-refractivity contribution in [3.63, 3.8) is 0 Å². The van der Waals surface area contributed by atoms with Gasteiger partial charge in [-0.2, -0.15) is 10.1 Å². The molecule has 1 N–H and O–H groups in total. The van der Waals surface area contributed by atoms with Crippen molar-refractivity contribution in [2.45, 2.75) is 19.8 Å². The molecule has 1 aliphatic carbocycles. The quantitative estimate of drug-likeness (QED) is 0.339. The van der Waals surface area contributed by atoms with Crippen molar-refractivity contribution in [1.29, 1.82) is 0 Å². The van der Waals surface area contributed by atoms with Gasteiger partial charge in [-0.25, -0.2) is 4.68 Å². The second kappa shape index (κ2) is 7.11. The molecule has 7 nitrogen and oxygen atoms in total. The highest BCUT2D eigenvalue weighted by molar-refractivity contribution is 9.10. The number of amides is 2. The van der Waals surface area contributed by atoms with Crippen LogP contribution in [0.4, 0.5) is 0 Å². The predicted octanol–water partition coefficient (Wildman–Crippen LogP) is 4.12. The first-order valence-corrected chi connectivity index (χ1v) is 11.3. The van der Waals surface area contributed by atoms with Crippen LogP contribution in [0.5, 0.6) is 0 Å². The maximum absolute atomic E-state index is 13.2. The Morgan fingerprint density at radius 2 is 1.48 bits per heavy atom. The van der Waals surface area contributed by atoms with E-state index in [9.17, 15) is 14.4 Å². The SMILES string of the molecule is Cc1[nH]n(-c2ccc(Br)cc2)c(=O)c1/C=N/N1C(=O)c2ccc3c4c(ccc(c24)C1=O)CC3. The molecule has 4 aromatic rings. The zero-order valence-electron chi connectivity index (χ0n) is 17.6. The molecule has 0 fully saturated rings. The van der Waals surface area contributed by atoms with Crippen molar-refractivity contribution in [1.82, 2.24) is 14.8 Å². The number of benzene rings is 3. The maximum atomic E-state index is 13.2. The minimum absolute atomic E-state index is 0.276. The van der Waals surface area contributed by atoms with Crippen LogP contribution in [0.2, 0.25) is 0 Å². The molecule has 0 saturated heterocycles. The third-order valence-corrected chi connectivity index (χ3v) is 6.88. The minimum Gasteiger partial charge on any atom is -0.295 e. The van der Waals surface area contributed by atoms with Gasteiger partial charge in [-0.05, 0) is 72.7 Å². The Balaban J connectivity index is 1.41. The normalized spacial score (nSPS) is 14.8. The number of imide groups is 1. The number of aryl methyl sites for hydroxylation is 3. The molecule has 0 saturated carbocycles. The Kier molecular flexibility index (Phi) is 4.28. The summed E-state index contributed by atoms with van der Waals surface area (Å²) in [6.07, 6.45) is 3.11. The number of carbonyl (C=O) groups is 2.